The first-order valence-corrected chi connectivity index (χ1v) is 8.95. The molecule has 1 aliphatic heterocycles. The number of alkyl halides is 3. The quantitative estimate of drug-likeness (QED) is 0.419. The van der Waals surface area contributed by atoms with E-state index < -0.39 is 18.8 Å². The first kappa shape index (κ1) is 20.3. The lowest BCUT2D eigenvalue weighted by molar-refractivity contribution is -0.143. The summed E-state index contributed by atoms with van der Waals surface area (Å²) >= 11 is 0. The second-order valence-electron chi connectivity index (χ2n) is 6.83. The summed E-state index contributed by atoms with van der Waals surface area (Å²) in [6.45, 7) is 3.55. The number of aliphatic hydroxyl groups excluding tert-OH is 1. The molecule has 0 amide bonds. The number of guanidine groups is 1. The fourth-order valence-electron chi connectivity index (χ4n) is 2.77. The summed E-state index contributed by atoms with van der Waals surface area (Å²) in [6.07, 6.45) is -1.81. The highest BCUT2D eigenvalue weighted by Crippen LogP contribution is 2.28. The zero-order chi connectivity index (χ0) is 18.3. The van der Waals surface area contributed by atoms with E-state index in [9.17, 15) is 18.3 Å². The van der Waals surface area contributed by atoms with Gasteiger partial charge in [-0.15, -0.1) is 0 Å². The molecule has 25 heavy (non-hydrogen) atoms. The van der Waals surface area contributed by atoms with Gasteiger partial charge in [0, 0.05) is 32.3 Å². The Kier molecular flexibility index (Phi) is 7.77. The van der Waals surface area contributed by atoms with Crippen LogP contribution in [0, 0.1) is 5.92 Å². The van der Waals surface area contributed by atoms with Crippen LogP contribution >= 0.6 is 0 Å². The number of ether oxygens (including phenoxy) is 1. The summed E-state index contributed by atoms with van der Waals surface area (Å²) in [4.78, 5) is 5.70. The van der Waals surface area contributed by atoms with E-state index in [-0.39, 0.29) is 19.2 Å². The molecule has 0 radical (unpaired) electrons. The zero-order valence-corrected chi connectivity index (χ0v) is 14.7. The van der Waals surface area contributed by atoms with Crippen molar-refractivity contribution in [3.8, 4) is 0 Å². The van der Waals surface area contributed by atoms with Crippen LogP contribution < -0.4 is 10.6 Å². The molecule has 1 aliphatic carbocycles. The van der Waals surface area contributed by atoms with Crippen LogP contribution in [0.5, 0.6) is 0 Å². The third-order valence-electron chi connectivity index (χ3n) is 4.18. The van der Waals surface area contributed by atoms with Crippen molar-refractivity contribution >= 4 is 5.96 Å². The Labute approximate surface area is 146 Å². The van der Waals surface area contributed by atoms with E-state index in [2.05, 4.69) is 15.6 Å². The van der Waals surface area contributed by atoms with Crippen LogP contribution in [0.3, 0.4) is 0 Å². The summed E-state index contributed by atoms with van der Waals surface area (Å²) in [5.74, 6) is 1.17. The number of nitrogens with one attached hydrogen (secondary N) is 2. The number of hydrogen-bond donors (Lipinski definition) is 3. The normalized spacial score (nSPS) is 23.7. The predicted molar refractivity (Wildman–Crippen MR) is 89.6 cm³/mol. The smallest absolute Gasteiger partial charge is 0.389 e. The van der Waals surface area contributed by atoms with Gasteiger partial charge in [0.05, 0.1) is 25.8 Å². The molecule has 0 spiro atoms. The Morgan fingerprint density at radius 1 is 1.36 bits per heavy atom. The Bertz CT molecular complexity index is 430. The Morgan fingerprint density at radius 3 is 2.76 bits per heavy atom. The molecule has 6 nitrogen and oxygen atoms in total. The Balaban J connectivity index is 1.71. The lowest BCUT2D eigenvalue weighted by atomic mass is 10.3. The average Bonchev–Trinajstić information content (AvgIpc) is 3.24. The van der Waals surface area contributed by atoms with Crippen molar-refractivity contribution in [1.82, 2.24) is 15.5 Å². The van der Waals surface area contributed by atoms with Gasteiger partial charge in [-0.1, -0.05) is 0 Å². The van der Waals surface area contributed by atoms with Gasteiger partial charge in [0.2, 0.25) is 0 Å². The number of halogens is 3. The second kappa shape index (κ2) is 9.59. The number of aliphatic hydroxyl groups is 1. The van der Waals surface area contributed by atoms with Gasteiger partial charge in [-0.2, -0.15) is 13.2 Å². The average molecular weight is 366 g/mol. The standard InChI is InChI=1S/C16H29F3N4O2/c1-2-20-15(21-7-14(24)10-25-9-12-3-4-12)22-13-5-6-23(8-13)11-16(17,18)19/h12-14,24H,2-11H2,1H3,(H2,20,21,22). The minimum Gasteiger partial charge on any atom is -0.389 e. The van der Waals surface area contributed by atoms with Crippen LogP contribution in [0.25, 0.3) is 0 Å². The number of aliphatic imine (C=N–C) groups is 1. The third-order valence-corrected chi connectivity index (χ3v) is 4.18. The van der Waals surface area contributed by atoms with E-state index >= 15 is 0 Å². The Morgan fingerprint density at radius 2 is 2.12 bits per heavy atom. The minimum atomic E-state index is -4.17. The molecule has 146 valence electrons. The van der Waals surface area contributed by atoms with Crippen LogP contribution in [0.2, 0.25) is 0 Å². The molecule has 0 aromatic carbocycles. The highest BCUT2D eigenvalue weighted by Gasteiger charge is 2.34. The van der Waals surface area contributed by atoms with E-state index in [4.69, 9.17) is 4.74 Å². The molecule has 2 fully saturated rings. The van der Waals surface area contributed by atoms with Gasteiger partial charge >= 0.3 is 6.18 Å². The van der Waals surface area contributed by atoms with Gasteiger partial charge in [0.15, 0.2) is 5.96 Å². The molecule has 2 unspecified atom stereocenters. The predicted octanol–water partition coefficient (Wildman–Crippen LogP) is 0.966. The van der Waals surface area contributed by atoms with E-state index in [0.717, 1.165) is 0 Å². The molecule has 1 saturated carbocycles. The van der Waals surface area contributed by atoms with Crippen molar-refractivity contribution in [3.63, 3.8) is 0 Å². The van der Waals surface area contributed by atoms with Crippen molar-refractivity contribution in [1.29, 1.82) is 0 Å². The van der Waals surface area contributed by atoms with Crippen molar-refractivity contribution in [2.45, 2.75) is 44.5 Å². The van der Waals surface area contributed by atoms with Gasteiger partial charge in [0.1, 0.15) is 0 Å². The maximum absolute atomic E-state index is 12.4. The van der Waals surface area contributed by atoms with Crippen LogP contribution in [0.15, 0.2) is 4.99 Å². The van der Waals surface area contributed by atoms with E-state index in [0.29, 0.717) is 44.5 Å². The summed E-state index contributed by atoms with van der Waals surface area (Å²) < 4.78 is 42.8. The van der Waals surface area contributed by atoms with Gasteiger partial charge in [0.25, 0.3) is 0 Å². The Hall–Kier alpha value is -1.06. The SMILES string of the molecule is CCNC(=NCC(O)COCC1CC1)NC1CCN(CC(F)(F)F)C1. The molecule has 1 heterocycles. The van der Waals surface area contributed by atoms with Gasteiger partial charge in [-0.3, -0.25) is 9.89 Å². The fraction of sp³-hybridized carbons (Fsp3) is 0.938. The summed E-state index contributed by atoms with van der Waals surface area (Å²) in [6, 6.07) is -0.0802. The van der Waals surface area contributed by atoms with Crippen LogP contribution in [0.1, 0.15) is 26.2 Å². The van der Waals surface area contributed by atoms with Gasteiger partial charge in [-0.05, 0) is 32.1 Å². The van der Waals surface area contributed by atoms with Gasteiger partial charge in [-0.25, -0.2) is 0 Å². The highest BCUT2D eigenvalue weighted by molar-refractivity contribution is 5.80. The van der Waals surface area contributed by atoms with Crippen LogP contribution in [-0.2, 0) is 4.74 Å². The van der Waals surface area contributed by atoms with Crippen molar-refractivity contribution < 1.29 is 23.0 Å². The molecule has 2 aliphatic rings. The van der Waals surface area contributed by atoms with Crippen molar-refractivity contribution in [3.05, 3.63) is 0 Å². The summed E-state index contributed by atoms with van der Waals surface area (Å²) in [5, 5.41) is 16.1. The maximum atomic E-state index is 12.4. The molecule has 2 atom stereocenters. The summed E-state index contributed by atoms with van der Waals surface area (Å²) in [5.41, 5.74) is 0. The topological polar surface area (TPSA) is 69.1 Å². The molecule has 1 saturated heterocycles. The molecule has 3 N–H and O–H groups in total. The molecule has 0 aromatic heterocycles. The van der Waals surface area contributed by atoms with Crippen LogP contribution in [-0.4, -0.2) is 80.2 Å². The fourth-order valence-corrected chi connectivity index (χ4v) is 2.77. The van der Waals surface area contributed by atoms with E-state index in [1.807, 2.05) is 6.92 Å². The zero-order valence-electron chi connectivity index (χ0n) is 14.7. The largest absolute Gasteiger partial charge is 0.401 e. The monoisotopic (exact) mass is 366 g/mol. The first-order valence-electron chi connectivity index (χ1n) is 8.95. The van der Waals surface area contributed by atoms with Crippen molar-refractivity contribution in [2.75, 3.05) is 45.9 Å². The van der Waals surface area contributed by atoms with Crippen molar-refractivity contribution in [2.24, 2.45) is 10.9 Å². The van der Waals surface area contributed by atoms with Crippen LogP contribution in [0.4, 0.5) is 13.2 Å². The minimum absolute atomic E-state index is 0.0802. The molecular weight excluding hydrogens is 337 g/mol. The number of rotatable bonds is 9. The molecule has 2 rings (SSSR count). The lowest BCUT2D eigenvalue weighted by Crippen LogP contribution is -2.45. The number of hydrogen-bond acceptors (Lipinski definition) is 4. The lowest BCUT2D eigenvalue weighted by Gasteiger charge is -2.20. The second-order valence-corrected chi connectivity index (χ2v) is 6.83. The number of likely N-dealkylation sites (tertiary alicyclic amines) is 1. The maximum Gasteiger partial charge on any atom is 0.401 e. The summed E-state index contributed by atoms with van der Waals surface area (Å²) in [7, 11) is 0. The third kappa shape index (κ3) is 8.73. The highest BCUT2D eigenvalue weighted by atomic mass is 19.4. The number of nitrogens with zero attached hydrogens (tertiary/aromatic N) is 2. The van der Waals surface area contributed by atoms with Gasteiger partial charge < -0.3 is 20.5 Å². The molecule has 0 aromatic rings. The molecule has 0 bridgehead atoms. The van der Waals surface area contributed by atoms with E-state index in [1.54, 1.807) is 0 Å². The van der Waals surface area contributed by atoms with E-state index in [1.165, 1.54) is 17.7 Å². The molecule has 9 heteroatoms. The first-order chi connectivity index (χ1) is 11.9. The molecular formula is C16H29F3N4O2.